The van der Waals surface area contributed by atoms with E-state index in [0.29, 0.717) is 0 Å². The summed E-state index contributed by atoms with van der Waals surface area (Å²) in [5.74, 6) is 0. The van der Waals surface area contributed by atoms with Crippen LogP contribution in [0, 0.1) is 6.92 Å². The Morgan fingerprint density at radius 3 is 0.925 bits per heavy atom. The normalized spacial score (nSPS) is 11.6. The molecule has 0 aromatic heterocycles. The first-order valence-corrected chi connectivity index (χ1v) is 35.1. The standard InChI is InChI=1S/C91H94N2/c1-7-11-13-15-17-21-35-74-65-87(72-47-59-80(60-48-72)92(77-53-41-67(5)42-54-77)78-55-43-70(44-56-78)68-31-23-19-24-32-68)83-37-27-29-39-85(83)89(74)90-75(36-22-18-16-14-12-8-2)66-88(84-38-28-30-40-86(84)90)73-49-61-81(62-50-73)93(82-63-51-76(52-64-82)91(6,9-3)10-4)79-57-45-71(46-58-79)69-33-25-20-26-34-69/h19-20,23-34,37-66H,7-18,21-22,35-36H2,1-6H3. The third-order valence-corrected chi connectivity index (χ3v) is 20.1. The Balaban J connectivity index is 0.968. The second kappa shape index (κ2) is 30.5. The van der Waals surface area contributed by atoms with Gasteiger partial charge in [-0.3, -0.25) is 0 Å². The molecule has 0 saturated carbocycles. The van der Waals surface area contributed by atoms with E-state index < -0.39 is 0 Å². The van der Waals surface area contributed by atoms with Gasteiger partial charge in [0.25, 0.3) is 0 Å². The molecule has 0 aliphatic rings. The zero-order valence-electron chi connectivity index (χ0n) is 56.1. The Bertz CT molecular complexity index is 4330. The predicted molar refractivity (Wildman–Crippen MR) is 405 cm³/mol. The summed E-state index contributed by atoms with van der Waals surface area (Å²) in [5, 5.41) is 5.27. The van der Waals surface area contributed by atoms with E-state index in [1.807, 2.05) is 0 Å². The van der Waals surface area contributed by atoms with Crippen molar-refractivity contribution in [3.63, 3.8) is 0 Å². The van der Waals surface area contributed by atoms with E-state index in [-0.39, 0.29) is 5.41 Å². The quantitative estimate of drug-likeness (QED) is 0.0451. The molecule has 12 aromatic rings. The van der Waals surface area contributed by atoms with Crippen molar-refractivity contribution in [2.24, 2.45) is 0 Å². The number of hydrogen-bond acceptors (Lipinski definition) is 2. The van der Waals surface area contributed by atoms with Crippen LogP contribution in [0.3, 0.4) is 0 Å². The summed E-state index contributed by atoms with van der Waals surface area (Å²) in [7, 11) is 0. The number of nitrogens with zero attached hydrogens (tertiary/aromatic N) is 2. The van der Waals surface area contributed by atoms with Gasteiger partial charge in [-0.1, -0.05) is 286 Å². The van der Waals surface area contributed by atoms with Crippen LogP contribution < -0.4 is 9.80 Å². The van der Waals surface area contributed by atoms with Gasteiger partial charge in [0.05, 0.1) is 0 Å². The molecule has 0 heterocycles. The highest BCUT2D eigenvalue weighted by Crippen LogP contribution is 2.48. The monoisotopic (exact) mass is 1210 g/mol. The fourth-order valence-corrected chi connectivity index (χ4v) is 14.2. The van der Waals surface area contributed by atoms with Gasteiger partial charge < -0.3 is 9.80 Å². The lowest BCUT2D eigenvalue weighted by atomic mass is 9.78. The van der Waals surface area contributed by atoms with Gasteiger partial charge in [0.1, 0.15) is 0 Å². The molecule has 0 atom stereocenters. The van der Waals surface area contributed by atoms with Crippen LogP contribution in [0.4, 0.5) is 34.1 Å². The molecule has 0 radical (unpaired) electrons. The molecule has 2 heteroatoms. The van der Waals surface area contributed by atoms with Crippen molar-refractivity contribution < 1.29 is 0 Å². The van der Waals surface area contributed by atoms with Gasteiger partial charge in [-0.05, 0) is 230 Å². The van der Waals surface area contributed by atoms with Gasteiger partial charge in [0.15, 0.2) is 0 Å². The fraction of sp³-hybridized carbons (Fsp3) is 0.253. The van der Waals surface area contributed by atoms with Crippen molar-refractivity contribution in [2.75, 3.05) is 9.80 Å². The smallest absolute Gasteiger partial charge is 0.0462 e. The molecule has 2 nitrogen and oxygen atoms in total. The Labute approximate surface area is 556 Å². The summed E-state index contributed by atoms with van der Waals surface area (Å²) in [6, 6.07) is 101. The van der Waals surface area contributed by atoms with Crippen molar-refractivity contribution in [1.29, 1.82) is 0 Å². The number of benzene rings is 12. The molecule has 0 fully saturated rings. The van der Waals surface area contributed by atoms with Crippen molar-refractivity contribution >= 4 is 55.7 Å². The molecule has 0 aliphatic heterocycles. The molecular formula is C91H94N2. The highest BCUT2D eigenvalue weighted by Gasteiger charge is 2.25. The molecule has 468 valence electrons. The maximum Gasteiger partial charge on any atom is 0.0462 e. The third-order valence-electron chi connectivity index (χ3n) is 20.1. The predicted octanol–water partition coefficient (Wildman–Crippen LogP) is 27.5. The summed E-state index contributed by atoms with van der Waals surface area (Å²) in [6.45, 7) is 13.8. The van der Waals surface area contributed by atoms with Crippen molar-refractivity contribution in [3.8, 4) is 55.6 Å². The van der Waals surface area contributed by atoms with Crippen LogP contribution in [0.2, 0.25) is 0 Å². The molecule has 0 amide bonds. The molecule has 0 unspecified atom stereocenters. The van der Waals surface area contributed by atoms with E-state index in [4.69, 9.17) is 0 Å². The highest BCUT2D eigenvalue weighted by molar-refractivity contribution is 6.14. The summed E-state index contributed by atoms with van der Waals surface area (Å²) >= 11 is 0. The summed E-state index contributed by atoms with van der Waals surface area (Å²) in [4.78, 5) is 4.83. The number of hydrogen-bond donors (Lipinski definition) is 0. The van der Waals surface area contributed by atoms with Crippen molar-refractivity contribution in [1.82, 2.24) is 0 Å². The number of rotatable bonds is 28. The minimum absolute atomic E-state index is 0.137. The zero-order valence-corrected chi connectivity index (χ0v) is 56.1. The minimum Gasteiger partial charge on any atom is -0.311 e. The maximum atomic E-state index is 2.61. The van der Waals surface area contributed by atoms with Crippen LogP contribution in [0.5, 0.6) is 0 Å². The lowest BCUT2D eigenvalue weighted by Gasteiger charge is -2.30. The lowest BCUT2D eigenvalue weighted by molar-refractivity contribution is 0.439. The summed E-state index contributed by atoms with van der Waals surface area (Å²) < 4.78 is 0. The van der Waals surface area contributed by atoms with Gasteiger partial charge >= 0.3 is 0 Å². The average molecular weight is 1220 g/mol. The lowest BCUT2D eigenvalue weighted by Crippen LogP contribution is -2.19. The number of unbranched alkanes of at least 4 members (excludes halogenated alkanes) is 10. The van der Waals surface area contributed by atoms with Gasteiger partial charge in [-0.25, -0.2) is 0 Å². The molecule has 0 N–H and O–H groups in total. The van der Waals surface area contributed by atoms with Crippen LogP contribution in [0.15, 0.2) is 267 Å². The molecule has 0 spiro atoms. The summed E-state index contributed by atoms with van der Waals surface area (Å²) in [6.07, 6.45) is 19.3. The van der Waals surface area contributed by atoms with Crippen molar-refractivity contribution in [3.05, 3.63) is 289 Å². The SMILES string of the molecule is CCCCCCCCc1cc(-c2ccc(N(c3ccc(C)cc3)c3ccc(-c4ccccc4)cc3)cc2)c2ccccc2c1-c1c(CCCCCCCC)cc(-c2ccc(N(c3ccc(-c4ccccc4)cc3)c3ccc(C(C)(CC)CC)cc3)cc2)c2ccccc12. The third kappa shape index (κ3) is 14.5. The molecule has 93 heavy (non-hydrogen) atoms. The molecule has 12 rings (SSSR count). The first-order chi connectivity index (χ1) is 45.7. The number of anilines is 6. The van der Waals surface area contributed by atoms with Gasteiger partial charge in [0.2, 0.25) is 0 Å². The van der Waals surface area contributed by atoms with E-state index >= 15 is 0 Å². The van der Waals surface area contributed by atoms with Crippen LogP contribution in [-0.4, -0.2) is 0 Å². The molecule has 12 aromatic carbocycles. The Morgan fingerprint density at radius 2 is 0.570 bits per heavy atom. The Morgan fingerprint density at radius 1 is 0.280 bits per heavy atom. The van der Waals surface area contributed by atoms with E-state index in [0.717, 1.165) is 72.6 Å². The number of fused-ring (bicyclic) bond motifs is 2. The second-order valence-corrected chi connectivity index (χ2v) is 26.3. The average Bonchev–Trinajstić information content (AvgIpc) is 0.742. The largest absolute Gasteiger partial charge is 0.311 e. The van der Waals surface area contributed by atoms with Crippen LogP contribution in [-0.2, 0) is 18.3 Å². The highest BCUT2D eigenvalue weighted by atomic mass is 15.1. The second-order valence-electron chi connectivity index (χ2n) is 26.3. The van der Waals surface area contributed by atoms with Crippen LogP contribution >= 0.6 is 0 Å². The van der Waals surface area contributed by atoms with Crippen molar-refractivity contribution in [2.45, 2.75) is 150 Å². The van der Waals surface area contributed by atoms with Gasteiger partial charge in [0, 0.05) is 34.1 Å². The molecule has 0 aliphatic carbocycles. The van der Waals surface area contributed by atoms with Crippen LogP contribution in [0.25, 0.3) is 77.2 Å². The molecular weight excluding hydrogens is 1120 g/mol. The molecule has 0 saturated heterocycles. The topological polar surface area (TPSA) is 6.48 Å². The first kappa shape index (κ1) is 63.9. The Kier molecular flexibility index (Phi) is 20.9. The summed E-state index contributed by atoms with van der Waals surface area (Å²) in [5.41, 5.74) is 25.3. The van der Waals surface area contributed by atoms with E-state index in [9.17, 15) is 0 Å². The van der Waals surface area contributed by atoms with E-state index in [1.165, 1.54) is 164 Å². The Hall–Kier alpha value is -9.24. The molecule has 0 bridgehead atoms. The maximum absolute atomic E-state index is 2.61. The number of aryl methyl sites for hydroxylation is 3. The van der Waals surface area contributed by atoms with Gasteiger partial charge in [-0.2, -0.15) is 0 Å². The fourth-order valence-electron chi connectivity index (χ4n) is 14.2. The van der Waals surface area contributed by atoms with E-state index in [2.05, 4.69) is 318 Å². The van der Waals surface area contributed by atoms with Gasteiger partial charge in [-0.15, -0.1) is 0 Å². The zero-order chi connectivity index (χ0) is 63.9. The van der Waals surface area contributed by atoms with E-state index in [1.54, 1.807) is 0 Å². The first-order valence-electron chi connectivity index (χ1n) is 35.1. The minimum atomic E-state index is 0.137. The van der Waals surface area contributed by atoms with Crippen LogP contribution in [0.1, 0.15) is 147 Å².